The molecule has 0 atom stereocenters. The highest BCUT2D eigenvalue weighted by molar-refractivity contribution is 5.80. The maximum Gasteiger partial charge on any atom is 0.234 e. The van der Waals surface area contributed by atoms with E-state index in [9.17, 15) is 4.79 Å². The molecule has 0 spiro atoms. The van der Waals surface area contributed by atoms with Gasteiger partial charge in [-0.15, -0.1) is 0 Å². The largest absolute Gasteiger partial charge is 0.493 e. The lowest BCUT2D eigenvalue weighted by Crippen LogP contribution is -2.54. The Morgan fingerprint density at radius 1 is 1.12 bits per heavy atom. The van der Waals surface area contributed by atoms with Crippen LogP contribution in [0.5, 0.6) is 5.75 Å². The summed E-state index contributed by atoms with van der Waals surface area (Å²) in [5.74, 6) is 2.45. The van der Waals surface area contributed by atoms with Gasteiger partial charge >= 0.3 is 0 Å². The Hall–Kier alpha value is -2.32. The van der Waals surface area contributed by atoms with Gasteiger partial charge in [0.2, 0.25) is 5.91 Å². The number of nitrogens with one attached hydrogen (secondary N) is 2. The summed E-state index contributed by atoms with van der Waals surface area (Å²) in [5, 5.41) is 6.29. The molecule has 1 aromatic rings. The predicted molar refractivity (Wildman–Crippen MR) is 129 cm³/mol. The van der Waals surface area contributed by atoms with Crippen LogP contribution < -0.4 is 15.4 Å². The molecule has 1 heterocycles. The van der Waals surface area contributed by atoms with E-state index in [1.54, 1.807) is 7.11 Å². The second-order valence-electron chi connectivity index (χ2n) is 8.44. The molecule has 0 saturated carbocycles. The molecular formula is C24H41N5O3. The third kappa shape index (κ3) is 9.87. The van der Waals surface area contributed by atoms with Crippen LogP contribution in [0.15, 0.2) is 29.3 Å². The first-order valence-corrected chi connectivity index (χ1v) is 11.7. The Balaban J connectivity index is 1.77. The van der Waals surface area contributed by atoms with Gasteiger partial charge in [0.05, 0.1) is 19.8 Å². The Morgan fingerprint density at radius 2 is 1.84 bits per heavy atom. The van der Waals surface area contributed by atoms with Crippen molar-refractivity contribution in [3.8, 4) is 5.75 Å². The fourth-order valence-corrected chi connectivity index (χ4v) is 3.40. The molecule has 1 saturated heterocycles. The number of aliphatic imine (C=N–C) groups is 1. The minimum Gasteiger partial charge on any atom is -0.493 e. The first-order valence-electron chi connectivity index (χ1n) is 11.7. The number of hydrogen-bond acceptors (Lipinski definition) is 5. The second kappa shape index (κ2) is 14.7. The van der Waals surface area contributed by atoms with Crippen LogP contribution >= 0.6 is 0 Å². The van der Waals surface area contributed by atoms with Crippen molar-refractivity contribution in [3.63, 3.8) is 0 Å². The number of nitrogens with zero attached hydrogens (tertiary/aromatic N) is 3. The van der Waals surface area contributed by atoms with E-state index >= 15 is 0 Å². The lowest BCUT2D eigenvalue weighted by Gasteiger charge is -2.36. The number of piperazine rings is 1. The fraction of sp³-hybridized carbons (Fsp3) is 0.667. The second-order valence-corrected chi connectivity index (χ2v) is 8.44. The van der Waals surface area contributed by atoms with Gasteiger partial charge in [-0.1, -0.05) is 26.0 Å². The van der Waals surface area contributed by atoms with E-state index in [2.05, 4.69) is 53.3 Å². The molecule has 1 aliphatic heterocycles. The molecule has 1 amide bonds. The normalized spacial score (nSPS) is 15.2. The number of carbonyl (C=O) groups is 1. The molecule has 1 aromatic carbocycles. The highest BCUT2D eigenvalue weighted by atomic mass is 16.5. The molecule has 2 rings (SSSR count). The zero-order valence-electron chi connectivity index (χ0n) is 20.2. The quantitative estimate of drug-likeness (QED) is 0.288. The summed E-state index contributed by atoms with van der Waals surface area (Å²) < 4.78 is 10.7. The molecule has 0 aliphatic carbocycles. The van der Waals surface area contributed by atoms with Crippen molar-refractivity contribution in [1.82, 2.24) is 20.4 Å². The van der Waals surface area contributed by atoms with Crippen molar-refractivity contribution in [2.75, 3.05) is 72.7 Å². The smallest absolute Gasteiger partial charge is 0.234 e. The molecule has 0 aromatic heterocycles. The summed E-state index contributed by atoms with van der Waals surface area (Å²) in [6, 6.07) is 8.32. The van der Waals surface area contributed by atoms with E-state index in [0.29, 0.717) is 25.6 Å². The van der Waals surface area contributed by atoms with E-state index < -0.39 is 0 Å². The highest BCUT2D eigenvalue weighted by Gasteiger charge is 2.21. The standard InChI is InChI=1S/C24H41N5O3/c1-5-25-24(27-11-10-21-6-8-22(9-7-21)32-19-20(2)3)29-15-13-28(14-16-29)18-23(30)26-12-17-31-4/h6-9,20H,5,10-19H2,1-4H3,(H,25,27)(H,26,30). The van der Waals surface area contributed by atoms with Crippen LogP contribution in [0, 0.1) is 5.92 Å². The van der Waals surface area contributed by atoms with Gasteiger partial charge in [-0.25, -0.2) is 0 Å². The Labute approximate surface area is 193 Å². The van der Waals surface area contributed by atoms with Crippen molar-refractivity contribution in [2.24, 2.45) is 10.9 Å². The summed E-state index contributed by atoms with van der Waals surface area (Å²) in [6.07, 6.45) is 0.890. The molecule has 2 N–H and O–H groups in total. The molecular weight excluding hydrogens is 406 g/mol. The maximum absolute atomic E-state index is 12.0. The lowest BCUT2D eigenvalue weighted by molar-refractivity contribution is -0.122. The van der Waals surface area contributed by atoms with Gasteiger partial charge in [0.15, 0.2) is 5.96 Å². The van der Waals surface area contributed by atoms with E-state index in [1.807, 2.05) is 12.1 Å². The summed E-state index contributed by atoms with van der Waals surface area (Å²) in [5.41, 5.74) is 1.26. The number of rotatable bonds is 12. The van der Waals surface area contributed by atoms with Gasteiger partial charge in [-0.05, 0) is 37.0 Å². The third-order valence-electron chi connectivity index (χ3n) is 5.17. The number of ether oxygens (including phenoxy) is 2. The summed E-state index contributed by atoms with van der Waals surface area (Å²) >= 11 is 0. The zero-order chi connectivity index (χ0) is 23.2. The van der Waals surface area contributed by atoms with Crippen molar-refractivity contribution in [2.45, 2.75) is 27.2 Å². The molecule has 0 radical (unpaired) electrons. The van der Waals surface area contributed by atoms with Crippen molar-refractivity contribution < 1.29 is 14.3 Å². The minimum absolute atomic E-state index is 0.0525. The zero-order valence-corrected chi connectivity index (χ0v) is 20.2. The predicted octanol–water partition coefficient (Wildman–Crippen LogP) is 1.61. The molecule has 0 unspecified atom stereocenters. The third-order valence-corrected chi connectivity index (χ3v) is 5.17. The molecule has 1 fully saturated rings. The van der Waals surface area contributed by atoms with Gasteiger partial charge in [0.25, 0.3) is 0 Å². The molecule has 8 heteroatoms. The topological polar surface area (TPSA) is 78.4 Å². The van der Waals surface area contributed by atoms with Crippen LogP contribution in [0.4, 0.5) is 0 Å². The maximum atomic E-state index is 12.0. The number of carbonyl (C=O) groups excluding carboxylic acids is 1. The van der Waals surface area contributed by atoms with Gasteiger partial charge < -0.3 is 25.0 Å². The van der Waals surface area contributed by atoms with Gasteiger partial charge in [-0.2, -0.15) is 0 Å². The van der Waals surface area contributed by atoms with Crippen LogP contribution in [-0.4, -0.2) is 94.3 Å². The lowest BCUT2D eigenvalue weighted by atomic mass is 10.1. The number of guanidine groups is 1. The molecule has 8 nitrogen and oxygen atoms in total. The monoisotopic (exact) mass is 447 g/mol. The van der Waals surface area contributed by atoms with Crippen LogP contribution in [-0.2, 0) is 16.0 Å². The van der Waals surface area contributed by atoms with Crippen LogP contribution in [0.1, 0.15) is 26.3 Å². The first-order chi connectivity index (χ1) is 15.5. The molecule has 1 aliphatic rings. The minimum atomic E-state index is 0.0525. The summed E-state index contributed by atoms with van der Waals surface area (Å²) in [6.45, 7) is 13.6. The van der Waals surface area contributed by atoms with E-state index in [1.165, 1.54) is 5.56 Å². The summed E-state index contributed by atoms with van der Waals surface area (Å²) in [7, 11) is 1.63. The fourth-order valence-electron chi connectivity index (χ4n) is 3.40. The van der Waals surface area contributed by atoms with Gasteiger partial charge in [0.1, 0.15) is 5.75 Å². The van der Waals surface area contributed by atoms with Crippen LogP contribution in [0.3, 0.4) is 0 Å². The number of methoxy groups -OCH3 is 1. The number of amides is 1. The number of hydrogen-bond donors (Lipinski definition) is 2. The highest BCUT2D eigenvalue weighted by Crippen LogP contribution is 2.14. The molecule has 180 valence electrons. The first kappa shape index (κ1) is 25.9. The SMILES string of the molecule is CCNC(=NCCc1ccc(OCC(C)C)cc1)N1CCN(CC(=O)NCCOC)CC1. The van der Waals surface area contributed by atoms with Gasteiger partial charge in [0, 0.05) is 52.9 Å². The van der Waals surface area contributed by atoms with Crippen molar-refractivity contribution >= 4 is 11.9 Å². The van der Waals surface area contributed by atoms with E-state index in [-0.39, 0.29) is 5.91 Å². The van der Waals surface area contributed by atoms with Gasteiger partial charge in [-0.3, -0.25) is 14.7 Å². The summed E-state index contributed by atoms with van der Waals surface area (Å²) in [4.78, 5) is 21.3. The average molecular weight is 448 g/mol. The van der Waals surface area contributed by atoms with E-state index in [4.69, 9.17) is 14.5 Å². The average Bonchev–Trinajstić information content (AvgIpc) is 2.78. The molecule has 0 bridgehead atoms. The molecule has 32 heavy (non-hydrogen) atoms. The Morgan fingerprint density at radius 3 is 2.47 bits per heavy atom. The van der Waals surface area contributed by atoms with Crippen molar-refractivity contribution in [1.29, 1.82) is 0 Å². The Bertz CT molecular complexity index is 685. The Kier molecular flexibility index (Phi) is 11.9. The number of benzene rings is 1. The van der Waals surface area contributed by atoms with Crippen molar-refractivity contribution in [3.05, 3.63) is 29.8 Å². The van der Waals surface area contributed by atoms with Crippen LogP contribution in [0.2, 0.25) is 0 Å². The van der Waals surface area contributed by atoms with E-state index in [0.717, 1.165) is 64.0 Å². The van der Waals surface area contributed by atoms with Crippen LogP contribution in [0.25, 0.3) is 0 Å².